The highest BCUT2D eigenvalue weighted by molar-refractivity contribution is 6.31. The lowest BCUT2D eigenvalue weighted by atomic mass is 9.87. The Balaban J connectivity index is 2.19. The Morgan fingerprint density at radius 2 is 1.95 bits per heavy atom. The molecule has 1 unspecified atom stereocenters. The predicted octanol–water partition coefficient (Wildman–Crippen LogP) is 4.39. The predicted molar refractivity (Wildman–Crippen MR) is 80.3 cm³/mol. The van der Waals surface area contributed by atoms with Gasteiger partial charge in [0.25, 0.3) is 0 Å². The molecule has 0 amide bonds. The Bertz CT molecular complexity index is 737. The maximum Gasteiger partial charge on any atom is 0.174 e. The second-order valence-corrected chi connectivity index (χ2v) is 5.54. The first-order chi connectivity index (χ1) is 10.1. The van der Waals surface area contributed by atoms with Gasteiger partial charge < -0.3 is 4.74 Å². The first kappa shape index (κ1) is 13.8. The molecule has 1 aliphatic heterocycles. The van der Waals surface area contributed by atoms with Crippen LogP contribution in [0.2, 0.25) is 5.02 Å². The summed E-state index contributed by atoms with van der Waals surface area (Å²) in [5, 5.41) is 0.471. The van der Waals surface area contributed by atoms with Crippen LogP contribution in [0.15, 0.2) is 42.5 Å². The maximum atomic E-state index is 12.8. The van der Waals surface area contributed by atoms with Gasteiger partial charge in [0, 0.05) is 17.0 Å². The third-order valence-electron chi connectivity index (χ3n) is 3.53. The van der Waals surface area contributed by atoms with E-state index in [1.807, 2.05) is 18.2 Å². The van der Waals surface area contributed by atoms with Crippen molar-refractivity contribution in [1.82, 2.24) is 0 Å². The fourth-order valence-electron chi connectivity index (χ4n) is 2.58. The first-order valence-electron chi connectivity index (χ1n) is 6.66. The van der Waals surface area contributed by atoms with Crippen molar-refractivity contribution in [2.45, 2.75) is 19.3 Å². The van der Waals surface area contributed by atoms with Gasteiger partial charge in [0.1, 0.15) is 17.3 Å². The normalized spacial score (nSPS) is 16.5. The van der Waals surface area contributed by atoms with E-state index in [0.29, 0.717) is 22.1 Å². The average molecular weight is 301 g/mol. The third kappa shape index (κ3) is 2.57. The van der Waals surface area contributed by atoms with Gasteiger partial charge in [0.2, 0.25) is 0 Å². The van der Waals surface area contributed by atoms with Crippen LogP contribution in [-0.4, -0.2) is 11.6 Å². The lowest BCUT2D eigenvalue weighted by Gasteiger charge is -2.13. The van der Waals surface area contributed by atoms with Crippen molar-refractivity contribution in [3.63, 3.8) is 0 Å². The van der Waals surface area contributed by atoms with Crippen molar-refractivity contribution < 1.29 is 14.3 Å². The first-order valence-corrected chi connectivity index (χ1v) is 7.04. The molecule has 1 aliphatic rings. The van der Waals surface area contributed by atoms with Gasteiger partial charge in [-0.25, -0.2) is 0 Å². The molecule has 0 saturated carbocycles. The van der Waals surface area contributed by atoms with Crippen molar-refractivity contribution in [1.29, 1.82) is 0 Å². The molecule has 1 atom stereocenters. The number of benzene rings is 2. The topological polar surface area (TPSA) is 43.4 Å². The summed E-state index contributed by atoms with van der Waals surface area (Å²) in [4.78, 5) is 24.3. The van der Waals surface area contributed by atoms with E-state index >= 15 is 0 Å². The Kier molecular flexibility index (Phi) is 3.52. The molecule has 0 aliphatic carbocycles. The number of para-hydroxylation sites is 1. The van der Waals surface area contributed by atoms with Crippen LogP contribution >= 0.6 is 11.6 Å². The molecule has 0 saturated heterocycles. The fraction of sp³-hybridized carbons (Fsp3) is 0.176. The molecule has 0 N–H and O–H groups in total. The standard InChI is InChI=1S/C17H13ClO3/c1-10(19)8-13-12-4-2-3-5-15(12)21-16-7-6-11(18)9-14(16)17(13)20/h2-7,9,13H,8H2,1H3. The fourth-order valence-corrected chi connectivity index (χ4v) is 2.75. The van der Waals surface area contributed by atoms with Crippen LogP contribution in [0, 0.1) is 0 Å². The number of hydrogen-bond donors (Lipinski definition) is 0. The van der Waals surface area contributed by atoms with Gasteiger partial charge >= 0.3 is 0 Å². The monoisotopic (exact) mass is 300 g/mol. The molecule has 3 nitrogen and oxygen atoms in total. The van der Waals surface area contributed by atoms with E-state index < -0.39 is 5.92 Å². The van der Waals surface area contributed by atoms with Crippen molar-refractivity contribution in [2.75, 3.05) is 0 Å². The quantitative estimate of drug-likeness (QED) is 0.826. The summed E-state index contributed by atoms with van der Waals surface area (Å²) in [5.41, 5.74) is 1.16. The smallest absolute Gasteiger partial charge is 0.174 e. The highest BCUT2D eigenvalue weighted by Crippen LogP contribution is 2.41. The van der Waals surface area contributed by atoms with Crippen molar-refractivity contribution >= 4 is 23.2 Å². The molecule has 0 spiro atoms. The zero-order valence-electron chi connectivity index (χ0n) is 11.4. The SMILES string of the molecule is CC(=O)CC1C(=O)c2cc(Cl)ccc2Oc2ccccc21. The van der Waals surface area contributed by atoms with Crippen LogP contribution in [0.4, 0.5) is 0 Å². The third-order valence-corrected chi connectivity index (χ3v) is 3.76. The summed E-state index contributed by atoms with van der Waals surface area (Å²) in [6, 6.07) is 12.3. The Labute approximate surface area is 127 Å². The van der Waals surface area contributed by atoms with E-state index in [2.05, 4.69) is 0 Å². The molecule has 4 heteroatoms. The lowest BCUT2D eigenvalue weighted by molar-refractivity contribution is -0.117. The number of carbonyl (C=O) groups is 2. The zero-order chi connectivity index (χ0) is 15.0. The van der Waals surface area contributed by atoms with Crippen LogP contribution in [0.1, 0.15) is 35.2 Å². The highest BCUT2D eigenvalue weighted by Gasteiger charge is 2.31. The molecule has 21 heavy (non-hydrogen) atoms. The second kappa shape index (κ2) is 5.34. The Morgan fingerprint density at radius 1 is 1.19 bits per heavy atom. The molecule has 1 heterocycles. The summed E-state index contributed by atoms with van der Waals surface area (Å²) in [7, 11) is 0. The summed E-state index contributed by atoms with van der Waals surface area (Å²) in [5.74, 6) is 0.390. The van der Waals surface area contributed by atoms with Crippen molar-refractivity contribution in [2.24, 2.45) is 0 Å². The number of fused-ring (bicyclic) bond motifs is 2. The van der Waals surface area contributed by atoms with Crippen LogP contribution in [0.5, 0.6) is 11.5 Å². The van der Waals surface area contributed by atoms with Gasteiger partial charge in [-0.2, -0.15) is 0 Å². The van der Waals surface area contributed by atoms with Crippen LogP contribution in [0.3, 0.4) is 0 Å². The van der Waals surface area contributed by atoms with Gasteiger partial charge in [-0.15, -0.1) is 0 Å². The summed E-state index contributed by atoms with van der Waals surface area (Å²) in [6.45, 7) is 1.49. The van der Waals surface area contributed by atoms with Crippen LogP contribution in [0.25, 0.3) is 0 Å². The van der Waals surface area contributed by atoms with Gasteiger partial charge in [-0.05, 0) is 31.2 Å². The average Bonchev–Trinajstić information content (AvgIpc) is 2.56. The van der Waals surface area contributed by atoms with E-state index in [1.165, 1.54) is 6.92 Å². The molecule has 0 radical (unpaired) electrons. The molecular formula is C17H13ClO3. The number of ketones is 2. The van der Waals surface area contributed by atoms with E-state index in [4.69, 9.17) is 16.3 Å². The van der Waals surface area contributed by atoms with Gasteiger partial charge in [-0.1, -0.05) is 29.8 Å². The number of ether oxygens (including phenoxy) is 1. The molecule has 0 aromatic heterocycles. The maximum absolute atomic E-state index is 12.8. The number of hydrogen-bond acceptors (Lipinski definition) is 3. The highest BCUT2D eigenvalue weighted by atomic mass is 35.5. The zero-order valence-corrected chi connectivity index (χ0v) is 12.2. The largest absolute Gasteiger partial charge is 0.456 e. The van der Waals surface area contributed by atoms with Crippen molar-refractivity contribution in [3.05, 3.63) is 58.6 Å². The van der Waals surface area contributed by atoms with Gasteiger partial charge in [0.15, 0.2) is 5.78 Å². The number of carbonyl (C=O) groups excluding carboxylic acids is 2. The number of halogens is 1. The second-order valence-electron chi connectivity index (χ2n) is 5.10. The van der Waals surface area contributed by atoms with E-state index in [1.54, 1.807) is 24.3 Å². The Hall–Kier alpha value is -2.13. The minimum atomic E-state index is -0.529. The lowest BCUT2D eigenvalue weighted by Crippen LogP contribution is -2.15. The molecule has 0 fully saturated rings. The van der Waals surface area contributed by atoms with E-state index in [9.17, 15) is 9.59 Å². The van der Waals surface area contributed by atoms with Gasteiger partial charge in [0.05, 0.1) is 11.5 Å². The molecule has 2 aromatic rings. The van der Waals surface area contributed by atoms with Crippen LogP contribution in [-0.2, 0) is 4.79 Å². The van der Waals surface area contributed by atoms with Crippen molar-refractivity contribution in [3.8, 4) is 11.5 Å². The van der Waals surface area contributed by atoms with Gasteiger partial charge in [-0.3, -0.25) is 9.59 Å². The molecule has 2 aromatic carbocycles. The van der Waals surface area contributed by atoms with Crippen LogP contribution < -0.4 is 4.74 Å². The number of rotatable bonds is 2. The Morgan fingerprint density at radius 3 is 2.71 bits per heavy atom. The molecule has 0 bridgehead atoms. The molecular weight excluding hydrogens is 288 g/mol. The summed E-state index contributed by atoms with van der Waals surface area (Å²) in [6.07, 6.45) is 0.158. The number of Topliss-reactive ketones (excluding diaryl/α,β-unsaturated/α-hetero) is 2. The molecule has 3 rings (SSSR count). The molecule has 106 valence electrons. The van der Waals surface area contributed by atoms with E-state index in [-0.39, 0.29) is 18.0 Å². The summed E-state index contributed by atoms with van der Waals surface area (Å²) < 4.78 is 5.85. The minimum Gasteiger partial charge on any atom is -0.456 e. The van der Waals surface area contributed by atoms with E-state index in [0.717, 1.165) is 5.56 Å². The minimum absolute atomic E-state index is 0.0337. The summed E-state index contributed by atoms with van der Waals surface area (Å²) >= 11 is 5.99.